The molecule has 0 saturated heterocycles. The second-order valence-corrected chi connectivity index (χ2v) is 10.6. The van der Waals surface area contributed by atoms with Crippen LogP contribution in [-0.2, 0) is 21.6 Å². The molecule has 1 heterocycles. The SMILES string of the molecule is Cc1ccc(C(C)C)c(SC2=C(O)CC3(OC2=O)c2ccccc2CCC3(C)C)c1. The van der Waals surface area contributed by atoms with Gasteiger partial charge in [-0.05, 0) is 54.0 Å². The van der Waals surface area contributed by atoms with Gasteiger partial charge in [0, 0.05) is 10.3 Å². The van der Waals surface area contributed by atoms with Gasteiger partial charge in [0.1, 0.15) is 16.3 Å². The number of rotatable bonds is 3. The van der Waals surface area contributed by atoms with Crippen molar-refractivity contribution in [3.05, 3.63) is 75.4 Å². The molecule has 2 aromatic rings. The minimum absolute atomic E-state index is 0.136. The molecule has 0 saturated carbocycles. The van der Waals surface area contributed by atoms with Gasteiger partial charge in [0.2, 0.25) is 0 Å². The first-order valence-electron chi connectivity index (χ1n) is 10.7. The Balaban J connectivity index is 1.77. The topological polar surface area (TPSA) is 46.5 Å². The lowest BCUT2D eigenvalue weighted by Crippen LogP contribution is -2.51. The lowest BCUT2D eigenvalue weighted by atomic mass is 9.60. The van der Waals surface area contributed by atoms with Gasteiger partial charge < -0.3 is 9.84 Å². The summed E-state index contributed by atoms with van der Waals surface area (Å²) in [5.41, 5.74) is 3.43. The number of fused-ring (bicyclic) bond motifs is 2. The maximum Gasteiger partial charge on any atom is 0.349 e. The van der Waals surface area contributed by atoms with Gasteiger partial charge in [0.15, 0.2) is 0 Å². The Morgan fingerprint density at radius 1 is 1.13 bits per heavy atom. The molecule has 1 spiro atoms. The van der Waals surface area contributed by atoms with E-state index >= 15 is 0 Å². The number of carbonyl (C=O) groups excluding carboxylic acids is 1. The highest BCUT2D eigenvalue weighted by Crippen LogP contribution is 2.56. The molecule has 1 atom stereocenters. The van der Waals surface area contributed by atoms with E-state index in [9.17, 15) is 9.90 Å². The number of aryl methyl sites for hydroxylation is 2. The van der Waals surface area contributed by atoms with Crippen LogP contribution in [0.3, 0.4) is 0 Å². The number of thioether (sulfide) groups is 1. The molecule has 0 bridgehead atoms. The van der Waals surface area contributed by atoms with E-state index in [2.05, 4.69) is 52.0 Å². The number of hydrogen-bond donors (Lipinski definition) is 1. The maximum atomic E-state index is 13.3. The van der Waals surface area contributed by atoms with Crippen molar-refractivity contribution in [2.24, 2.45) is 5.41 Å². The van der Waals surface area contributed by atoms with Crippen molar-refractivity contribution in [1.29, 1.82) is 0 Å². The van der Waals surface area contributed by atoms with E-state index in [1.807, 2.05) is 25.1 Å². The first-order chi connectivity index (χ1) is 14.1. The number of hydrogen-bond acceptors (Lipinski definition) is 4. The highest BCUT2D eigenvalue weighted by molar-refractivity contribution is 8.04. The number of benzene rings is 2. The molecule has 4 heteroatoms. The molecule has 2 aromatic carbocycles. The average Bonchev–Trinajstić information content (AvgIpc) is 2.68. The van der Waals surface area contributed by atoms with Gasteiger partial charge in [0.05, 0.1) is 6.42 Å². The smallest absolute Gasteiger partial charge is 0.349 e. The molecule has 4 rings (SSSR count). The Morgan fingerprint density at radius 2 is 1.87 bits per heavy atom. The number of aliphatic hydroxyl groups excluding tert-OH is 1. The minimum atomic E-state index is -0.833. The van der Waals surface area contributed by atoms with E-state index in [0.29, 0.717) is 17.2 Å². The predicted molar refractivity (Wildman–Crippen MR) is 122 cm³/mol. The summed E-state index contributed by atoms with van der Waals surface area (Å²) in [6.07, 6.45) is 2.17. The van der Waals surface area contributed by atoms with Crippen LogP contribution < -0.4 is 0 Å². The zero-order valence-corrected chi connectivity index (χ0v) is 19.2. The normalized spacial score (nSPS) is 22.9. The van der Waals surface area contributed by atoms with E-state index in [-0.39, 0.29) is 11.2 Å². The Morgan fingerprint density at radius 3 is 2.57 bits per heavy atom. The summed E-state index contributed by atoms with van der Waals surface area (Å²) in [5, 5.41) is 11.1. The van der Waals surface area contributed by atoms with Gasteiger partial charge in [-0.2, -0.15) is 0 Å². The van der Waals surface area contributed by atoms with Crippen molar-refractivity contribution < 1.29 is 14.6 Å². The molecule has 30 heavy (non-hydrogen) atoms. The van der Waals surface area contributed by atoms with E-state index in [1.54, 1.807) is 0 Å². The number of ether oxygens (including phenoxy) is 1. The van der Waals surface area contributed by atoms with Gasteiger partial charge in [-0.1, -0.05) is 75.9 Å². The average molecular weight is 423 g/mol. The molecule has 0 aromatic heterocycles. The van der Waals surface area contributed by atoms with Crippen molar-refractivity contribution in [2.75, 3.05) is 0 Å². The lowest BCUT2D eigenvalue weighted by molar-refractivity contribution is -0.180. The molecule has 1 N–H and O–H groups in total. The van der Waals surface area contributed by atoms with Crippen molar-refractivity contribution >= 4 is 17.7 Å². The summed E-state index contributed by atoms with van der Waals surface area (Å²) < 4.78 is 6.26. The fourth-order valence-electron chi connectivity index (χ4n) is 4.77. The molecule has 1 aliphatic heterocycles. The number of carbonyl (C=O) groups is 1. The van der Waals surface area contributed by atoms with Gasteiger partial charge in [-0.3, -0.25) is 0 Å². The standard InChI is InChI=1S/C26H30O3S/c1-16(2)19-11-10-17(3)14-22(19)30-23-21(27)15-26(29-24(23)28)20-9-7-6-8-18(20)12-13-25(26,4)5/h6-11,14,16,27H,12-13,15H2,1-5H3. The number of esters is 1. The van der Waals surface area contributed by atoms with Gasteiger partial charge in [0.25, 0.3) is 0 Å². The van der Waals surface area contributed by atoms with E-state index in [4.69, 9.17) is 4.74 Å². The van der Waals surface area contributed by atoms with Crippen molar-refractivity contribution in [1.82, 2.24) is 0 Å². The van der Waals surface area contributed by atoms with E-state index < -0.39 is 11.6 Å². The maximum absolute atomic E-state index is 13.3. The largest absolute Gasteiger partial charge is 0.511 e. The second-order valence-electron chi connectivity index (χ2n) is 9.51. The van der Waals surface area contributed by atoms with E-state index in [1.165, 1.54) is 22.9 Å². The predicted octanol–water partition coefficient (Wildman–Crippen LogP) is 6.79. The van der Waals surface area contributed by atoms with Crippen molar-refractivity contribution in [3.63, 3.8) is 0 Å². The lowest BCUT2D eigenvalue weighted by Gasteiger charge is -2.51. The minimum Gasteiger partial charge on any atom is -0.511 e. The van der Waals surface area contributed by atoms with Crippen LogP contribution in [0.5, 0.6) is 0 Å². The van der Waals surface area contributed by atoms with Crippen LogP contribution in [0, 0.1) is 12.3 Å². The monoisotopic (exact) mass is 422 g/mol. The molecule has 1 aliphatic carbocycles. The summed E-state index contributed by atoms with van der Waals surface area (Å²) in [5.74, 6) is 0.0351. The van der Waals surface area contributed by atoms with Crippen LogP contribution in [-0.4, -0.2) is 11.1 Å². The fraction of sp³-hybridized carbons (Fsp3) is 0.423. The zero-order chi connectivity index (χ0) is 21.7. The molecule has 1 unspecified atom stereocenters. The Hall–Kier alpha value is -2.20. The van der Waals surface area contributed by atoms with Gasteiger partial charge >= 0.3 is 5.97 Å². The molecular formula is C26H30O3S. The summed E-state index contributed by atoms with van der Waals surface area (Å²) >= 11 is 1.33. The second kappa shape index (κ2) is 7.49. The van der Waals surface area contributed by atoms with Crippen LogP contribution in [0.1, 0.15) is 68.7 Å². The quantitative estimate of drug-likeness (QED) is 0.553. The third kappa shape index (κ3) is 3.35. The Labute approximate surface area is 183 Å². The van der Waals surface area contributed by atoms with Crippen LogP contribution in [0.4, 0.5) is 0 Å². The summed E-state index contributed by atoms with van der Waals surface area (Å²) in [4.78, 5) is 14.6. The first-order valence-corrected chi connectivity index (χ1v) is 11.5. The fourth-order valence-corrected chi connectivity index (χ4v) is 5.97. The Kier molecular flexibility index (Phi) is 5.26. The molecular weight excluding hydrogens is 392 g/mol. The highest BCUT2D eigenvalue weighted by Gasteiger charge is 2.56. The third-order valence-electron chi connectivity index (χ3n) is 6.70. The molecule has 0 amide bonds. The summed E-state index contributed by atoms with van der Waals surface area (Å²) in [7, 11) is 0. The summed E-state index contributed by atoms with van der Waals surface area (Å²) in [6, 6.07) is 14.4. The third-order valence-corrected chi connectivity index (χ3v) is 7.88. The molecule has 3 nitrogen and oxygen atoms in total. The van der Waals surface area contributed by atoms with Gasteiger partial charge in [-0.25, -0.2) is 4.79 Å². The van der Waals surface area contributed by atoms with Crippen LogP contribution >= 0.6 is 11.8 Å². The van der Waals surface area contributed by atoms with Crippen molar-refractivity contribution in [3.8, 4) is 0 Å². The molecule has 2 aliphatic rings. The molecule has 0 radical (unpaired) electrons. The Bertz CT molecular complexity index is 1030. The van der Waals surface area contributed by atoms with Crippen LogP contribution in [0.15, 0.2) is 58.0 Å². The van der Waals surface area contributed by atoms with Gasteiger partial charge in [-0.15, -0.1) is 0 Å². The summed E-state index contributed by atoms with van der Waals surface area (Å²) in [6.45, 7) is 10.6. The van der Waals surface area contributed by atoms with Crippen molar-refractivity contribution in [2.45, 2.75) is 70.3 Å². The first kappa shape index (κ1) is 21.0. The number of aliphatic hydroxyl groups is 1. The van der Waals surface area contributed by atoms with Crippen LogP contribution in [0.2, 0.25) is 0 Å². The van der Waals surface area contributed by atoms with Crippen LogP contribution in [0.25, 0.3) is 0 Å². The van der Waals surface area contributed by atoms with E-state index in [0.717, 1.165) is 28.9 Å². The molecule has 0 fully saturated rings. The molecule has 158 valence electrons. The zero-order valence-electron chi connectivity index (χ0n) is 18.4. The highest BCUT2D eigenvalue weighted by atomic mass is 32.2.